The van der Waals surface area contributed by atoms with Crippen LogP contribution in [0.2, 0.25) is 0 Å². The van der Waals surface area contributed by atoms with Gasteiger partial charge in [-0.3, -0.25) is 4.68 Å². The highest BCUT2D eigenvalue weighted by Crippen LogP contribution is 2.21. The van der Waals surface area contributed by atoms with Gasteiger partial charge in [0.25, 0.3) is 0 Å². The first-order chi connectivity index (χ1) is 5.57. The first-order valence-electron chi connectivity index (χ1n) is 4.18. The number of hydrogen-bond donors (Lipinski definition) is 1. The average Bonchev–Trinajstić information content (AvgIpc) is 2.26. The molecule has 0 aromatic carbocycles. The van der Waals surface area contributed by atoms with Gasteiger partial charge in [-0.15, -0.1) is 0 Å². The van der Waals surface area contributed by atoms with Crippen molar-refractivity contribution in [2.45, 2.75) is 26.7 Å². The first kappa shape index (κ1) is 9.26. The number of aryl methyl sites for hydroxylation is 2. The molecule has 0 aliphatic heterocycles. The normalized spacial score (nSPS) is 13.4. The smallest absolute Gasteiger partial charge is 0.0631 e. The lowest BCUT2D eigenvalue weighted by Gasteiger charge is -2.07. The van der Waals surface area contributed by atoms with Crippen molar-refractivity contribution in [3.63, 3.8) is 0 Å². The summed E-state index contributed by atoms with van der Waals surface area (Å²) in [6.45, 7) is 6.21. The summed E-state index contributed by atoms with van der Waals surface area (Å²) in [5.74, 6) is 0.193. The summed E-state index contributed by atoms with van der Waals surface area (Å²) in [5, 5.41) is 13.3. The van der Waals surface area contributed by atoms with Crippen LogP contribution in [0.1, 0.15) is 29.8 Å². The predicted octanol–water partition coefficient (Wildman–Crippen LogP) is 1.13. The molecule has 1 heterocycles. The molecule has 3 heteroatoms. The maximum Gasteiger partial charge on any atom is 0.0631 e. The summed E-state index contributed by atoms with van der Waals surface area (Å²) >= 11 is 0. The van der Waals surface area contributed by atoms with Crippen LogP contribution >= 0.6 is 0 Å². The third kappa shape index (κ3) is 1.37. The molecule has 68 valence electrons. The summed E-state index contributed by atoms with van der Waals surface area (Å²) < 4.78 is 1.86. The number of aliphatic hydroxyl groups is 1. The molecule has 0 aliphatic carbocycles. The summed E-state index contributed by atoms with van der Waals surface area (Å²) in [6, 6.07) is 0. The molecule has 1 N–H and O–H groups in total. The van der Waals surface area contributed by atoms with E-state index in [0.29, 0.717) is 0 Å². The Morgan fingerprint density at radius 1 is 1.50 bits per heavy atom. The highest BCUT2D eigenvalue weighted by molar-refractivity contribution is 5.27. The lowest BCUT2D eigenvalue weighted by Crippen LogP contribution is -2.02. The number of nitrogens with zero attached hydrogens (tertiary/aromatic N) is 2. The zero-order chi connectivity index (χ0) is 9.30. The van der Waals surface area contributed by atoms with Crippen molar-refractivity contribution in [3.8, 4) is 0 Å². The number of aromatic nitrogens is 2. The predicted molar refractivity (Wildman–Crippen MR) is 48.2 cm³/mol. The fourth-order valence-electron chi connectivity index (χ4n) is 1.59. The number of hydrogen-bond acceptors (Lipinski definition) is 2. The monoisotopic (exact) mass is 168 g/mol. The van der Waals surface area contributed by atoms with Gasteiger partial charge in [0, 0.05) is 30.8 Å². The van der Waals surface area contributed by atoms with Crippen LogP contribution in [0.3, 0.4) is 0 Å². The Labute approximate surface area is 73.0 Å². The molecule has 0 saturated carbocycles. The van der Waals surface area contributed by atoms with E-state index in [1.807, 2.05) is 32.5 Å². The van der Waals surface area contributed by atoms with Crippen molar-refractivity contribution >= 4 is 0 Å². The Morgan fingerprint density at radius 3 is 2.42 bits per heavy atom. The van der Waals surface area contributed by atoms with Crippen LogP contribution in [0, 0.1) is 13.8 Å². The standard InChI is InChI=1S/C9H16N2O/c1-6(5-12)9-7(2)10-11(4)8(9)3/h6,12H,5H2,1-4H3. The Bertz CT molecular complexity index is 278. The van der Waals surface area contributed by atoms with Gasteiger partial charge in [0.05, 0.1) is 5.69 Å². The van der Waals surface area contributed by atoms with Gasteiger partial charge < -0.3 is 5.11 Å². The first-order valence-corrected chi connectivity index (χ1v) is 4.18. The maximum absolute atomic E-state index is 9.01. The molecule has 0 fully saturated rings. The van der Waals surface area contributed by atoms with E-state index in [-0.39, 0.29) is 12.5 Å². The molecule has 1 atom stereocenters. The second kappa shape index (κ2) is 3.27. The minimum Gasteiger partial charge on any atom is -0.396 e. The Morgan fingerprint density at radius 2 is 2.08 bits per heavy atom. The SMILES string of the molecule is Cc1nn(C)c(C)c1C(C)CO. The van der Waals surface area contributed by atoms with Gasteiger partial charge >= 0.3 is 0 Å². The van der Waals surface area contributed by atoms with E-state index < -0.39 is 0 Å². The van der Waals surface area contributed by atoms with Crippen molar-refractivity contribution in [2.24, 2.45) is 7.05 Å². The van der Waals surface area contributed by atoms with Gasteiger partial charge in [-0.1, -0.05) is 6.92 Å². The summed E-state index contributed by atoms with van der Waals surface area (Å²) in [7, 11) is 1.93. The second-order valence-electron chi connectivity index (χ2n) is 3.29. The Hall–Kier alpha value is -0.830. The molecule has 0 bridgehead atoms. The molecule has 3 nitrogen and oxygen atoms in total. The van der Waals surface area contributed by atoms with Crippen LogP contribution in [0.5, 0.6) is 0 Å². The molecule has 1 aromatic heterocycles. The molecular weight excluding hydrogens is 152 g/mol. The summed E-state index contributed by atoms with van der Waals surface area (Å²) in [6.07, 6.45) is 0. The van der Waals surface area contributed by atoms with E-state index in [4.69, 9.17) is 5.11 Å². The number of rotatable bonds is 2. The third-order valence-electron chi connectivity index (χ3n) is 2.33. The fourth-order valence-corrected chi connectivity index (χ4v) is 1.59. The summed E-state index contributed by atoms with van der Waals surface area (Å²) in [4.78, 5) is 0. The molecule has 0 saturated heterocycles. The van der Waals surface area contributed by atoms with E-state index in [9.17, 15) is 0 Å². The molecule has 12 heavy (non-hydrogen) atoms. The van der Waals surface area contributed by atoms with Gasteiger partial charge in [-0.25, -0.2) is 0 Å². The van der Waals surface area contributed by atoms with E-state index in [1.165, 1.54) is 5.56 Å². The van der Waals surface area contributed by atoms with Crippen molar-refractivity contribution in [1.82, 2.24) is 9.78 Å². The van der Waals surface area contributed by atoms with Gasteiger partial charge in [0.2, 0.25) is 0 Å². The molecule has 0 amide bonds. The zero-order valence-electron chi connectivity index (χ0n) is 8.13. The zero-order valence-corrected chi connectivity index (χ0v) is 8.13. The molecule has 1 aromatic rings. The van der Waals surface area contributed by atoms with Crippen LogP contribution in [-0.2, 0) is 7.05 Å². The second-order valence-corrected chi connectivity index (χ2v) is 3.29. The van der Waals surface area contributed by atoms with Crippen molar-refractivity contribution in [2.75, 3.05) is 6.61 Å². The third-order valence-corrected chi connectivity index (χ3v) is 2.33. The lowest BCUT2D eigenvalue weighted by molar-refractivity contribution is 0.272. The van der Waals surface area contributed by atoms with E-state index in [1.54, 1.807) is 0 Å². The van der Waals surface area contributed by atoms with Crippen molar-refractivity contribution in [3.05, 3.63) is 17.0 Å². The largest absolute Gasteiger partial charge is 0.396 e. The fraction of sp³-hybridized carbons (Fsp3) is 0.667. The van der Waals surface area contributed by atoms with Crippen LogP contribution < -0.4 is 0 Å². The Balaban J connectivity index is 3.13. The average molecular weight is 168 g/mol. The van der Waals surface area contributed by atoms with Crippen molar-refractivity contribution < 1.29 is 5.11 Å². The quantitative estimate of drug-likeness (QED) is 0.719. The molecule has 0 spiro atoms. The maximum atomic E-state index is 9.01. The Kier molecular flexibility index (Phi) is 2.52. The molecule has 1 unspecified atom stereocenters. The van der Waals surface area contributed by atoms with Gasteiger partial charge in [0.1, 0.15) is 0 Å². The molecule has 0 aliphatic rings. The topological polar surface area (TPSA) is 38.0 Å². The van der Waals surface area contributed by atoms with Gasteiger partial charge in [-0.2, -0.15) is 5.10 Å². The minimum atomic E-state index is 0.188. The molecule has 0 radical (unpaired) electrons. The van der Waals surface area contributed by atoms with E-state index >= 15 is 0 Å². The highest BCUT2D eigenvalue weighted by atomic mass is 16.3. The van der Waals surface area contributed by atoms with Gasteiger partial charge in [0.15, 0.2) is 0 Å². The van der Waals surface area contributed by atoms with Gasteiger partial charge in [-0.05, 0) is 13.8 Å². The lowest BCUT2D eigenvalue weighted by atomic mass is 10.0. The highest BCUT2D eigenvalue weighted by Gasteiger charge is 2.14. The van der Waals surface area contributed by atoms with E-state index in [2.05, 4.69) is 5.10 Å². The molecule has 1 rings (SSSR count). The van der Waals surface area contributed by atoms with E-state index in [0.717, 1.165) is 11.4 Å². The summed E-state index contributed by atoms with van der Waals surface area (Å²) in [5.41, 5.74) is 3.35. The number of aliphatic hydroxyl groups excluding tert-OH is 1. The van der Waals surface area contributed by atoms with Crippen LogP contribution in [-0.4, -0.2) is 21.5 Å². The van der Waals surface area contributed by atoms with Crippen LogP contribution in [0.25, 0.3) is 0 Å². The minimum absolute atomic E-state index is 0.188. The van der Waals surface area contributed by atoms with Crippen LogP contribution in [0.15, 0.2) is 0 Å². The van der Waals surface area contributed by atoms with Crippen molar-refractivity contribution in [1.29, 1.82) is 0 Å². The molecular formula is C9H16N2O. The van der Waals surface area contributed by atoms with Crippen LogP contribution in [0.4, 0.5) is 0 Å².